The van der Waals surface area contributed by atoms with Crippen LogP contribution in [0.5, 0.6) is 5.88 Å². The van der Waals surface area contributed by atoms with Gasteiger partial charge in [0.2, 0.25) is 5.88 Å². The lowest BCUT2D eigenvalue weighted by molar-refractivity contribution is -0.140. The van der Waals surface area contributed by atoms with Gasteiger partial charge >= 0.3 is 0 Å². The summed E-state index contributed by atoms with van der Waals surface area (Å²) in [4.78, 5) is 17.1. The van der Waals surface area contributed by atoms with Gasteiger partial charge in [0, 0.05) is 19.3 Å². The quantitative estimate of drug-likeness (QED) is 0.581. The largest absolute Gasteiger partial charge is 0.475 e. The van der Waals surface area contributed by atoms with Crippen LogP contribution in [0, 0.1) is 6.92 Å². The van der Waals surface area contributed by atoms with Crippen LogP contribution in [-0.4, -0.2) is 42.9 Å². The molecule has 6 heteroatoms. The molecule has 1 heterocycles. The van der Waals surface area contributed by atoms with E-state index in [0.29, 0.717) is 50.1 Å². The average molecular weight is 352 g/mol. The second-order valence-electron chi connectivity index (χ2n) is 6.11. The molecule has 1 N–H and O–H groups in total. The molecular formula is C19H32N2O4. The Balaban J connectivity index is 2.72. The van der Waals surface area contributed by atoms with Crippen LogP contribution < -0.4 is 10.1 Å². The number of carbonyl (C=O) groups is 1. The number of rotatable bonds is 12. The van der Waals surface area contributed by atoms with Gasteiger partial charge in [-0.15, -0.1) is 0 Å². The number of amides is 1. The van der Waals surface area contributed by atoms with Gasteiger partial charge in [-0.3, -0.25) is 4.79 Å². The molecule has 0 saturated carbocycles. The zero-order chi connectivity index (χ0) is 18.7. The Bertz CT molecular complexity index is 536. The third kappa shape index (κ3) is 7.00. The summed E-state index contributed by atoms with van der Waals surface area (Å²) in [7, 11) is 0. The molecule has 0 aromatic carbocycles. The van der Waals surface area contributed by atoms with Crippen LogP contribution >= 0.6 is 0 Å². The normalized spacial score (nSPS) is 13.3. The van der Waals surface area contributed by atoms with Crippen LogP contribution in [0.3, 0.4) is 0 Å². The lowest BCUT2D eigenvalue weighted by Gasteiger charge is -2.28. The molecule has 1 aromatic heterocycles. The molecular weight excluding hydrogens is 320 g/mol. The van der Waals surface area contributed by atoms with Crippen LogP contribution in [0.4, 0.5) is 5.69 Å². The van der Waals surface area contributed by atoms with E-state index < -0.39 is 5.60 Å². The number of nitrogens with one attached hydrogen (secondary N) is 1. The van der Waals surface area contributed by atoms with Crippen LogP contribution in [0.2, 0.25) is 0 Å². The van der Waals surface area contributed by atoms with Crippen molar-refractivity contribution in [3.63, 3.8) is 0 Å². The van der Waals surface area contributed by atoms with Crippen molar-refractivity contribution in [2.24, 2.45) is 0 Å². The summed E-state index contributed by atoms with van der Waals surface area (Å²) in [5.41, 5.74) is 0.547. The molecule has 142 valence electrons. The third-order valence-electron chi connectivity index (χ3n) is 3.82. The second-order valence-corrected chi connectivity index (χ2v) is 6.11. The monoisotopic (exact) mass is 352 g/mol. The molecule has 0 aliphatic rings. The van der Waals surface area contributed by atoms with Crippen molar-refractivity contribution in [3.05, 3.63) is 17.8 Å². The molecule has 0 bridgehead atoms. The van der Waals surface area contributed by atoms with E-state index in [0.717, 1.165) is 12.8 Å². The van der Waals surface area contributed by atoms with Crippen molar-refractivity contribution in [2.45, 2.75) is 59.5 Å². The predicted octanol–water partition coefficient (Wildman–Crippen LogP) is 3.73. The highest BCUT2D eigenvalue weighted by molar-refractivity contribution is 5.97. The summed E-state index contributed by atoms with van der Waals surface area (Å²) in [6.07, 6.45) is 2.42. The SMILES string of the molecule is CCCO[C@](C)(CCC)C(=O)Nc1ccc(OCCOCC)nc1C. The summed E-state index contributed by atoms with van der Waals surface area (Å²) >= 11 is 0. The molecule has 1 aromatic rings. The summed E-state index contributed by atoms with van der Waals surface area (Å²) in [6.45, 7) is 11.9. The maximum atomic E-state index is 12.7. The predicted molar refractivity (Wildman–Crippen MR) is 99.1 cm³/mol. The van der Waals surface area contributed by atoms with E-state index in [4.69, 9.17) is 14.2 Å². The molecule has 0 spiro atoms. The van der Waals surface area contributed by atoms with Gasteiger partial charge in [0.25, 0.3) is 5.91 Å². The number of nitrogens with zero attached hydrogens (tertiary/aromatic N) is 1. The number of ether oxygens (including phenoxy) is 3. The van der Waals surface area contributed by atoms with Crippen molar-refractivity contribution in [1.82, 2.24) is 4.98 Å². The molecule has 0 radical (unpaired) electrons. The van der Waals surface area contributed by atoms with E-state index in [-0.39, 0.29) is 5.91 Å². The van der Waals surface area contributed by atoms with Crippen molar-refractivity contribution in [3.8, 4) is 5.88 Å². The summed E-state index contributed by atoms with van der Waals surface area (Å²) in [5.74, 6) is 0.381. The number of carbonyl (C=O) groups excluding carboxylic acids is 1. The summed E-state index contributed by atoms with van der Waals surface area (Å²) < 4.78 is 16.6. The highest BCUT2D eigenvalue weighted by Gasteiger charge is 2.33. The first-order chi connectivity index (χ1) is 12.0. The van der Waals surface area contributed by atoms with E-state index in [1.165, 1.54) is 0 Å². The molecule has 0 aliphatic carbocycles. The lowest BCUT2D eigenvalue weighted by Crippen LogP contribution is -2.43. The van der Waals surface area contributed by atoms with Gasteiger partial charge in [-0.05, 0) is 39.7 Å². The Morgan fingerprint density at radius 1 is 1.16 bits per heavy atom. The third-order valence-corrected chi connectivity index (χ3v) is 3.82. The van der Waals surface area contributed by atoms with Crippen molar-refractivity contribution >= 4 is 11.6 Å². The number of anilines is 1. The Morgan fingerprint density at radius 3 is 2.52 bits per heavy atom. The molecule has 1 atom stereocenters. The fourth-order valence-electron chi connectivity index (χ4n) is 2.41. The Hall–Kier alpha value is -1.66. The Labute approximate surface area is 151 Å². The van der Waals surface area contributed by atoms with Gasteiger partial charge in [0.1, 0.15) is 12.2 Å². The van der Waals surface area contributed by atoms with Crippen LogP contribution in [-0.2, 0) is 14.3 Å². The fraction of sp³-hybridized carbons (Fsp3) is 0.684. The smallest absolute Gasteiger partial charge is 0.256 e. The van der Waals surface area contributed by atoms with Gasteiger partial charge < -0.3 is 19.5 Å². The first kappa shape index (κ1) is 21.4. The lowest BCUT2D eigenvalue weighted by atomic mass is 9.99. The highest BCUT2D eigenvalue weighted by Crippen LogP contribution is 2.23. The van der Waals surface area contributed by atoms with Gasteiger partial charge in [0.15, 0.2) is 0 Å². The van der Waals surface area contributed by atoms with E-state index in [9.17, 15) is 4.79 Å². The Morgan fingerprint density at radius 2 is 1.92 bits per heavy atom. The Kier molecular flexibility index (Phi) is 9.45. The fourth-order valence-corrected chi connectivity index (χ4v) is 2.41. The van der Waals surface area contributed by atoms with Crippen molar-refractivity contribution < 1.29 is 19.0 Å². The zero-order valence-electron chi connectivity index (χ0n) is 16.2. The summed E-state index contributed by atoms with van der Waals surface area (Å²) in [5, 5.41) is 2.94. The minimum atomic E-state index is -0.830. The van der Waals surface area contributed by atoms with Gasteiger partial charge in [-0.2, -0.15) is 0 Å². The first-order valence-corrected chi connectivity index (χ1v) is 9.10. The summed E-state index contributed by atoms with van der Waals surface area (Å²) in [6, 6.07) is 3.56. The molecule has 1 amide bonds. The average Bonchev–Trinajstić information content (AvgIpc) is 2.59. The van der Waals surface area contributed by atoms with E-state index in [1.807, 2.05) is 40.7 Å². The second kappa shape index (κ2) is 11.1. The first-order valence-electron chi connectivity index (χ1n) is 9.10. The van der Waals surface area contributed by atoms with Crippen molar-refractivity contribution in [1.29, 1.82) is 0 Å². The van der Waals surface area contributed by atoms with Gasteiger partial charge in [-0.1, -0.05) is 20.3 Å². The molecule has 1 rings (SSSR count). The molecule has 0 unspecified atom stereocenters. The number of hydrogen-bond donors (Lipinski definition) is 1. The van der Waals surface area contributed by atoms with E-state index in [2.05, 4.69) is 10.3 Å². The number of aromatic nitrogens is 1. The van der Waals surface area contributed by atoms with Gasteiger partial charge in [0.05, 0.1) is 18.0 Å². The van der Waals surface area contributed by atoms with E-state index in [1.54, 1.807) is 6.07 Å². The van der Waals surface area contributed by atoms with Crippen LogP contribution in [0.15, 0.2) is 12.1 Å². The minimum Gasteiger partial charge on any atom is -0.475 e. The molecule has 0 saturated heterocycles. The number of aryl methyl sites for hydroxylation is 1. The maximum Gasteiger partial charge on any atom is 0.256 e. The number of hydrogen-bond acceptors (Lipinski definition) is 5. The topological polar surface area (TPSA) is 69.7 Å². The minimum absolute atomic E-state index is 0.141. The van der Waals surface area contributed by atoms with Crippen LogP contribution in [0.25, 0.3) is 0 Å². The van der Waals surface area contributed by atoms with Crippen molar-refractivity contribution in [2.75, 3.05) is 31.7 Å². The molecule has 6 nitrogen and oxygen atoms in total. The number of pyridine rings is 1. The van der Waals surface area contributed by atoms with Gasteiger partial charge in [-0.25, -0.2) is 4.98 Å². The molecule has 0 aliphatic heterocycles. The maximum absolute atomic E-state index is 12.7. The standard InChI is InChI=1S/C19H32N2O4/c1-6-11-19(5,25-12-7-2)18(22)21-16-9-10-17(20-15(16)4)24-14-13-23-8-3/h9-10H,6-8,11-14H2,1-5H3,(H,21,22)/t19-/m1/s1. The highest BCUT2D eigenvalue weighted by atomic mass is 16.5. The zero-order valence-corrected chi connectivity index (χ0v) is 16.2. The van der Waals surface area contributed by atoms with E-state index >= 15 is 0 Å². The molecule has 0 fully saturated rings. The molecule has 25 heavy (non-hydrogen) atoms. The van der Waals surface area contributed by atoms with Crippen LogP contribution in [0.1, 0.15) is 52.7 Å².